The van der Waals surface area contributed by atoms with Crippen molar-refractivity contribution in [3.8, 4) is 5.75 Å². The minimum Gasteiger partial charge on any atom is -0.495 e. The molecule has 0 aliphatic heterocycles. The van der Waals surface area contributed by atoms with Crippen LogP contribution >= 0.6 is 22.6 Å². The van der Waals surface area contributed by atoms with Crippen LogP contribution in [0.5, 0.6) is 5.75 Å². The van der Waals surface area contributed by atoms with Crippen molar-refractivity contribution < 1.29 is 17.9 Å². The van der Waals surface area contributed by atoms with Crippen LogP contribution in [0.1, 0.15) is 15.9 Å². The molecule has 29 heavy (non-hydrogen) atoms. The summed E-state index contributed by atoms with van der Waals surface area (Å²) in [5.41, 5.74) is 2.03. The number of rotatable bonds is 6. The van der Waals surface area contributed by atoms with Crippen LogP contribution in [0.2, 0.25) is 0 Å². The predicted molar refractivity (Wildman–Crippen MR) is 122 cm³/mol. The number of sulfonamides is 1. The summed E-state index contributed by atoms with van der Waals surface area (Å²) in [7, 11) is -2.39. The first kappa shape index (κ1) is 21.1. The average molecular weight is 522 g/mol. The van der Waals surface area contributed by atoms with Crippen molar-refractivity contribution in [2.24, 2.45) is 0 Å². The summed E-state index contributed by atoms with van der Waals surface area (Å²) in [6.07, 6.45) is 0. The minimum absolute atomic E-state index is 0.0110. The van der Waals surface area contributed by atoms with E-state index in [0.717, 1.165) is 9.13 Å². The lowest BCUT2D eigenvalue weighted by atomic mass is 10.1. The maximum absolute atomic E-state index is 12.8. The summed E-state index contributed by atoms with van der Waals surface area (Å²) in [6.45, 7) is 1.83. The number of amides is 1. The molecule has 0 unspecified atom stereocenters. The minimum atomic E-state index is -3.84. The number of halogens is 1. The summed E-state index contributed by atoms with van der Waals surface area (Å²) in [4.78, 5) is 12.7. The fourth-order valence-corrected chi connectivity index (χ4v) is 4.15. The van der Waals surface area contributed by atoms with Gasteiger partial charge in [0.1, 0.15) is 5.75 Å². The zero-order chi connectivity index (χ0) is 21.0. The van der Waals surface area contributed by atoms with Gasteiger partial charge >= 0.3 is 0 Å². The van der Waals surface area contributed by atoms with Gasteiger partial charge in [0.25, 0.3) is 15.9 Å². The molecule has 0 fully saturated rings. The Morgan fingerprint density at radius 2 is 1.69 bits per heavy atom. The average Bonchev–Trinajstić information content (AvgIpc) is 2.70. The molecule has 3 aromatic rings. The van der Waals surface area contributed by atoms with Crippen molar-refractivity contribution in [3.05, 3.63) is 81.4 Å². The van der Waals surface area contributed by atoms with Crippen molar-refractivity contribution in [2.45, 2.75) is 11.8 Å². The number of benzene rings is 3. The summed E-state index contributed by atoms with van der Waals surface area (Å²) < 4.78 is 34.4. The van der Waals surface area contributed by atoms with Crippen molar-refractivity contribution in [1.82, 2.24) is 0 Å². The van der Waals surface area contributed by atoms with Gasteiger partial charge in [-0.25, -0.2) is 8.42 Å². The van der Waals surface area contributed by atoms with Gasteiger partial charge in [-0.15, -0.1) is 0 Å². The van der Waals surface area contributed by atoms with E-state index in [0.29, 0.717) is 17.0 Å². The normalized spacial score (nSPS) is 11.0. The fourth-order valence-electron chi connectivity index (χ4n) is 2.70. The molecule has 150 valence electrons. The molecule has 0 bridgehead atoms. The van der Waals surface area contributed by atoms with Gasteiger partial charge in [-0.2, -0.15) is 0 Å². The van der Waals surface area contributed by atoms with E-state index >= 15 is 0 Å². The van der Waals surface area contributed by atoms with E-state index in [1.54, 1.807) is 36.4 Å². The van der Waals surface area contributed by atoms with E-state index in [1.165, 1.54) is 25.3 Å². The third-order valence-corrected chi connectivity index (χ3v) is 6.31. The van der Waals surface area contributed by atoms with Crippen LogP contribution in [0.4, 0.5) is 11.4 Å². The lowest BCUT2D eigenvalue weighted by Crippen LogP contribution is -2.16. The Morgan fingerprint density at radius 1 is 1.00 bits per heavy atom. The first-order chi connectivity index (χ1) is 13.8. The lowest BCUT2D eigenvalue weighted by molar-refractivity contribution is 0.102. The van der Waals surface area contributed by atoms with E-state index in [-0.39, 0.29) is 16.5 Å². The highest BCUT2D eigenvalue weighted by molar-refractivity contribution is 14.1. The van der Waals surface area contributed by atoms with Crippen LogP contribution < -0.4 is 14.8 Å². The zero-order valence-corrected chi connectivity index (χ0v) is 18.7. The first-order valence-electron chi connectivity index (χ1n) is 8.63. The second-order valence-electron chi connectivity index (χ2n) is 6.24. The van der Waals surface area contributed by atoms with E-state index < -0.39 is 10.0 Å². The third kappa shape index (κ3) is 5.07. The molecule has 8 heteroatoms. The molecular weight excluding hydrogens is 503 g/mol. The molecule has 0 radical (unpaired) electrons. The highest BCUT2D eigenvalue weighted by Crippen LogP contribution is 2.29. The molecule has 3 rings (SSSR count). The molecule has 0 saturated carbocycles. The Morgan fingerprint density at radius 3 is 2.34 bits per heavy atom. The molecule has 0 heterocycles. The first-order valence-corrected chi connectivity index (χ1v) is 11.2. The number of aryl methyl sites for hydroxylation is 1. The quantitative estimate of drug-likeness (QED) is 0.462. The monoisotopic (exact) mass is 522 g/mol. The Labute approximate surface area is 183 Å². The Kier molecular flexibility index (Phi) is 6.43. The van der Waals surface area contributed by atoms with Crippen molar-refractivity contribution in [3.63, 3.8) is 0 Å². The number of anilines is 2. The van der Waals surface area contributed by atoms with Crippen molar-refractivity contribution in [1.29, 1.82) is 0 Å². The summed E-state index contributed by atoms with van der Waals surface area (Å²) >= 11 is 2.14. The van der Waals surface area contributed by atoms with Gasteiger partial charge in [-0.05, 0) is 83.6 Å². The standard InChI is InChI=1S/C21H19IN2O4S/c1-14-5-3-4-6-18(14)21(25)23-19-13-17(11-12-20(19)28-2)29(26,27)24-16-9-7-15(22)8-10-16/h3-13,24H,1-2H3,(H,23,25). The van der Waals surface area contributed by atoms with Gasteiger partial charge < -0.3 is 10.1 Å². The maximum atomic E-state index is 12.8. The Balaban J connectivity index is 1.91. The maximum Gasteiger partial charge on any atom is 0.261 e. The van der Waals surface area contributed by atoms with Crippen LogP contribution in [-0.4, -0.2) is 21.4 Å². The van der Waals surface area contributed by atoms with Gasteiger partial charge in [-0.1, -0.05) is 18.2 Å². The lowest BCUT2D eigenvalue weighted by Gasteiger charge is -2.14. The van der Waals surface area contributed by atoms with E-state index in [4.69, 9.17) is 4.74 Å². The van der Waals surface area contributed by atoms with Gasteiger partial charge in [0, 0.05) is 14.8 Å². The molecule has 0 spiro atoms. The molecule has 0 aromatic heterocycles. The van der Waals surface area contributed by atoms with Crippen molar-refractivity contribution in [2.75, 3.05) is 17.1 Å². The molecule has 6 nitrogen and oxygen atoms in total. The predicted octanol–water partition coefficient (Wildman–Crippen LogP) is 4.66. The van der Waals surface area contributed by atoms with Crippen LogP contribution in [0.25, 0.3) is 0 Å². The fraction of sp³-hybridized carbons (Fsp3) is 0.0952. The second-order valence-corrected chi connectivity index (χ2v) is 9.17. The second kappa shape index (κ2) is 8.83. The smallest absolute Gasteiger partial charge is 0.261 e. The Hall–Kier alpha value is -2.59. The summed E-state index contributed by atoms with van der Waals surface area (Å²) in [5.74, 6) is 0.0155. The van der Waals surface area contributed by atoms with Gasteiger partial charge in [0.15, 0.2) is 0 Å². The third-order valence-electron chi connectivity index (χ3n) is 4.22. The van der Waals surface area contributed by atoms with Crippen LogP contribution in [0.15, 0.2) is 71.6 Å². The summed E-state index contributed by atoms with van der Waals surface area (Å²) in [6, 6.07) is 18.4. The number of carbonyl (C=O) groups excluding carboxylic acids is 1. The van der Waals surface area contributed by atoms with Crippen LogP contribution in [-0.2, 0) is 10.0 Å². The number of hydrogen-bond acceptors (Lipinski definition) is 4. The number of ether oxygens (including phenoxy) is 1. The summed E-state index contributed by atoms with van der Waals surface area (Å²) in [5, 5.41) is 2.75. The van der Waals surface area contributed by atoms with E-state index in [2.05, 4.69) is 32.6 Å². The number of hydrogen-bond donors (Lipinski definition) is 2. The molecule has 0 aliphatic carbocycles. The Bertz CT molecular complexity index is 1150. The molecule has 0 aliphatic rings. The van der Waals surface area contributed by atoms with Crippen LogP contribution in [0, 0.1) is 10.5 Å². The highest BCUT2D eigenvalue weighted by Gasteiger charge is 2.19. The number of nitrogens with one attached hydrogen (secondary N) is 2. The molecule has 0 atom stereocenters. The number of methoxy groups -OCH3 is 1. The molecule has 1 amide bonds. The van der Waals surface area contributed by atoms with Gasteiger partial charge in [-0.3, -0.25) is 9.52 Å². The molecule has 3 aromatic carbocycles. The topological polar surface area (TPSA) is 84.5 Å². The number of carbonyl (C=O) groups is 1. The van der Waals surface area contributed by atoms with E-state index in [9.17, 15) is 13.2 Å². The van der Waals surface area contributed by atoms with Crippen molar-refractivity contribution >= 4 is 49.9 Å². The molecule has 0 saturated heterocycles. The van der Waals surface area contributed by atoms with E-state index in [1.807, 2.05) is 19.1 Å². The van der Waals surface area contributed by atoms with Gasteiger partial charge in [0.2, 0.25) is 0 Å². The van der Waals surface area contributed by atoms with Gasteiger partial charge in [0.05, 0.1) is 17.7 Å². The highest BCUT2D eigenvalue weighted by atomic mass is 127. The largest absolute Gasteiger partial charge is 0.495 e. The van der Waals surface area contributed by atoms with Crippen LogP contribution in [0.3, 0.4) is 0 Å². The zero-order valence-electron chi connectivity index (χ0n) is 15.8. The molecular formula is C21H19IN2O4S. The molecule has 2 N–H and O–H groups in total. The SMILES string of the molecule is COc1ccc(S(=O)(=O)Nc2ccc(I)cc2)cc1NC(=O)c1ccccc1C.